The minimum absolute atomic E-state index is 0.945. The van der Waals surface area contributed by atoms with Gasteiger partial charge in [0.2, 0.25) is 5.88 Å². The van der Waals surface area contributed by atoms with Crippen LogP contribution in [0.25, 0.3) is 11.1 Å². The van der Waals surface area contributed by atoms with Gasteiger partial charge in [0.05, 0.1) is 11.4 Å². The van der Waals surface area contributed by atoms with Crippen molar-refractivity contribution in [1.29, 1.82) is 0 Å². The Kier molecular flexibility index (Phi) is 3.83. The van der Waals surface area contributed by atoms with Crippen molar-refractivity contribution in [2.75, 3.05) is 4.90 Å². The van der Waals surface area contributed by atoms with E-state index in [9.17, 15) is 0 Å². The zero-order chi connectivity index (χ0) is 18.2. The van der Waals surface area contributed by atoms with E-state index in [2.05, 4.69) is 89.8 Å². The van der Waals surface area contributed by atoms with Gasteiger partial charge in [-0.05, 0) is 49.1 Å². The standard InChI is InChI=1S/C25H21NO/c1-18-17-21-16-15-20-11-5-7-13-23(20)26(25(21)27-18)24-14-8-6-12-22(24)19-9-3-2-4-10-19/h2-14,17H,15-16H2,1H3. The fourth-order valence-corrected chi connectivity index (χ4v) is 4.01. The number of rotatable bonds is 2. The summed E-state index contributed by atoms with van der Waals surface area (Å²) in [6, 6.07) is 30.0. The molecule has 27 heavy (non-hydrogen) atoms. The zero-order valence-corrected chi connectivity index (χ0v) is 15.4. The van der Waals surface area contributed by atoms with E-state index in [0.717, 1.165) is 30.2 Å². The number of para-hydroxylation sites is 2. The summed E-state index contributed by atoms with van der Waals surface area (Å²) in [6.07, 6.45) is 2.01. The molecule has 0 atom stereocenters. The van der Waals surface area contributed by atoms with Gasteiger partial charge in [0.25, 0.3) is 0 Å². The summed E-state index contributed by atoms with van der Waals surface area (Å²) < 4.78 is 6.23. The van der Waals surface area contributed by atoms with Gasteiger partial charge in [-0.15, -0.1) is 0 Å². The van der Waals surface area contributed by atoms with E-state index < -0.39 is 0 Å². The Hall–Kier alpha value is -3.26. The third kappa shape index (κ3) is 2.74. The average Bonchev–Trinajstić information content (AvgIpc) is 3.01. The second kappa shape index (κ2) is 6.48. The Morgan fingerprint density at radius 2 is 1.37 bits per heavy atom. The number of anilines is 3. The highest BCUT2D eigenvalue weighted by molar-refractivity contribution is 5.88. The molecule has 5 rings (SSSR count). The maximum absolute atomic E-state index is 6.23. The summed E-state index contributed by atoms with van der Waals surface area (Å²) in [5, 5.41) is 0. The first kappa shape index (κ1) is 16.0. The number of fused-ring (bicyclic) bond motifs is 2. The van der Waals surface area contributed by atoms with Gasteiger partial charge >= 0.3 is 0 Å². The monoisotopic (exact) mass is 351 g/mol. The summed E-state index contributed by atoms with van der Waals surface area (Å²) in [5.41, 5.74) is 7.38. The second-order valence-electron chi connectivity index (χ2n) is 7.03. The minimum Gasteiger partial charge on any atom is -0.445 e. The SMILES string of the molecule is Cc1cc2c(o1)N(c1ccccc1-c1ccccc1)c1ccccc1CC2. The topological polar surface area (TPSA) is 16.4 Å². The molecule has 0 amide bonds. The van der Waals surface area contributed by atoms with E-state index in [1.54, 1.807) is 0 Å². The fourth-order valence-electron chi connectivity index (χ4n) is 4.01. The maximum Gasteiger partial charge on any atom is 0.207 e. The van der Waals surface area contributed by atoms with Crippen molar-refractivity contribution in [3.8, 4) is 11.1 Å². The molecular weight excluding hydrogens is 330 g/mol. The van der Waals surface area contributed by atoms with Crippen molar-refractivity contribution in [2.45, 2.75) is 19.8 Å². The van der Waals surface area contributed by atoms with Crippen molar-refractivity contribution >= 4 is 17.3 Å². The van der Waals surface area contributed by atoms with Gasteiger partial charge in [-0.25, -0.2) is 0 Å². The van der Waals surface area contributed by atoms with Crippen LogP contribution in [0.4, 0.5) is 17.3 Å². The average molecular weight is 351 g/mol. The lowest BCUT2D eigenvalue weighted by atomic mass is 10.0. The van der Waals surface area contributed by atoms with E-state index in [0.29, 0.717) is 0 Å². The van der Waals surface area contributed by atoms with Crippen molar-refractivity contribution in [3.05, 3.63) is 102 Å². The van der Waals surface area contributed by atoms with Gasteiger partial charge in [-0.2, -0.15) is 0 Å². The molecule has 4 aromatic rings. The second-order valence-corrected chi connectivity index (χ2v) is 7.03. The van der Waals surface area contributed by atoms with Gasteiger partial charge in [0, 0.05) is 11.1 Å². The van der Waals surface area contributed by atoms with Crippen LogP contribution in [0.1, 0.15) is 16.9 Å². The minimum atomic E-state index is 0.945. The quantitative estimate of drug-likeness (QED) is 0.394. The smallest absolute Gasteiger partial charge is 0.207 e. The number of hydrogen-bond donors (Lipinski definition) is 0. The van der Waals surface area contributed by atoms with Crippen LogP contribution in [0.2, 0.25) is 0 Å². The van der Waals surface area contributed by atoms with E-state index in [1.807, 2.05) is 6.92 Å². The number of nitrogens with zero attached hydrogens (tertiary/aromatic N) is 1. The largest absolute Gasteiger partial charge is 0.445 e. The molecule has 1 aliphatic heterocycles. The third-order valence-corrected chi connectivity index (χ3v) is 5.24. The predicted octanol–water partition coefficient (Wildman–Crippen LogP) is 6.82. The maximum atomic E-state index is 6.23. The molecule has 0 aliphatic carbocycles. The number of furan rings is 1. The van der Waals surface area contributed by atoms with Gasteiger partial charge < -0.3 is 4.42 Å². The molecule has 0 unspecified atom stereocenters. The van der Waals surface area contributed by atoms with Crippen LogP contribution in [-0.4, -0.2) is 0 Å². The lowest BCUT2D eigenvalue weighted by Gasteiger charge is -2.26. The Balaban J connectivity index is 1.79. The molecule has 2 heterocycles. The van der Waals surface area contributed by atoms with Gasteiger partial charge in [-0.3, -0.25) is 4.90 Å². The van der Waals surface area contributed by atoms with Crippen molar-refractivity contribution < 1.29 is 4.42 Å². The molecule has 2 nitrogen and oxygen atoms in total. The number of aryl methyl sites for hydroxylation is 3. The van der Waals surface area contributed by atoms with E-state index in [-0.39, 0.29) is 0 Å². The Labute approximate surface area is 159 Å². The predicted molar refractivity (Wildman–Crippen MR) is 111 cm³/mol. The van der Waals surface area contributed by atoms with Crippen LogP contribution in [0.5, 0.6) is 0 Å². The van der Waals surface area contributed by atoms with E-state index >= 15 is 0 Å². The molecule has 0 saturated carbocycles. The Bertz CT molecular complexity index is 1090. The fraction of sp³-hybridized carbons (Fsp3) is 0.120. The number of benzene rings is 3. The molecule has 3 aromatic carbocycles. The Morgan fingerprint density at radius 3 is 2.22 bits per heavy atom. The van der Waals surface area contributed by atoms with Crippen LogP contribution in [0.3, 0.4) is 0 Å². The lowest BCUT2D eigenvalue weighted by molar-refractivity contribution is 0.540. The van der Waals surface area contributed by atoms with Crippen LogP contribution in [-0.2, 0) is 12.8 Å². The third-order valence-electron chi connectivity index (χ3n) is 5.24. The Morgan fingerprint density at radius 1 is 0.704 bits per heavy atom. The van der Waals surface area contributed by atoms with Crippen molar-refractivity contribution in [1.82, 2.24) is 0 Å². The molecule has 1 aliphatic rings. The van der Waals surface area contributed by atoms with E-state index in [4.69, 9.17) is 4.42 Å². The van der Waals surface area contributed by atoms with Crippen LogP contribution < -0.4 is 4.90 Å². The molecule has 0 saturated heterocycles. The first-order valence-electron chi connectivity index (χ1n) is 9.43. The molecule has 132 valence electrons. The van der Waals surface area contributed by atoms with E-state index in [1.165, 1.54) is 27.9 Å². The molecule has 0 spiro atoms. The molecule has 2 heteroatoms. The zero-order valence-electron chi connectivity index (χ0n) is 15.4. The van der Waals surface area contributed by atoms with Gasteiger partial charge in [-0.1, -0.05) is 66.7 Å². The summed E-state index contributed by atoms with van der Waals surface area (Å²) in [5.74, 6) is 1.91. The van der Waals surface area contributed by atoms with Crippen LogP contribution in [0.15, 0.2) is 89.3 Å². The summed E-state index contributed by atoms with van der Waals surface area (Å²) in [4.78, 5) is 2.30. The van der Waals surface area contributed by atoms with Crippen molar-refractivity contribution in [3.63, 3.8) is 0 Å². The van der Waals surface area contributed by atoms with Crippen molar-refractivity contribution in [2.24, 2.45) is 0 Å². The molecule has 0 N–H and O–H groups in total. The molecule has 0 bridgehead atoms. The van der Waals surface area contributed by atoms with Crippen LogP contribution in [0, 0.1) is 6.92 Å². The summed E-state index contributed by atoms with van der Waals surface area (Å²) >= 11 is 0. The molecular formula is C25H21NO. The summed E-state index contributed by atoms with van der Waals surface area (Å²) in [7, 11) is 0. The molecule has 0 fully saturated rings. The van der Waals surface area contributed by atoms with Gasteiger partial charge in [0.15, 0.2) is 0 Å². The summed E-state index contributed by atoms with van der Waals surface area (Å²) in [6.45, 7) is 2.03. The number of hydrogen-bond acceptors (Lipinski definition) is 2. The molecule has 1 aromatic heterocycles. The van der Waals surface area contributed by atoms with Crippen LogP contribution >= 0.6 is 0 Å². The lowest BCUT2D eigenvalue weighted by Crippen LogP contribution is -2.12. The first-order valence-corrected chi connectivity index (χ1v) is 9.43. The highest BCUT2D eigenvalue weighted by atomic mass is 16.4. The highest BCUT2D eigenvalue weighted by Crippen LogP contribution is 2.46. The van der Waals surface area contributed by atoms with Gasteiger partial charge in [0.1, 0.15) is 5.76 Å². The highest BCUT2D eigenvalue weighted by Gasteiger charge is 2.27. The first-order chi connectivity index (χ1) is 13.3. The normalized spacial score (nSPS) is 13.0. The molecule has 0 radical (unpaired) electrons.